The summed E-state index contributed by atoms with van der Waals surface area (Å²) in [6, 6.07) is 3.57. The highest BCUT2D eigenvalue weighted by molar-refractivity contribution is 6.16. The molecule has 4 heterocycles. The van der Waals surface area contributed by atoms with Gasteiger partial charge < -0.3 is 53.8 Å². The van der Waals surface area contributed by atoms with E-state index in [2.05, 4.69) is 15.1 Å². The van der Waals surface area contributed by atoms with E-state index in [1.54, 1.807) is 37.3 Å². The van der Waals surface area contributed by atoms with E-state index < -0.39 is 64.3 Å². The summed E-state index contributed by atoms with van der Waals surface area (Å²) in [6.07, 6.45) is 8.02. The highest BCUT2D eigenvalue weighted by Gasteiger charge is 2.44. The van der Waals surface area contributed by atoms with E-state index in [1.165, 1.54) is 40.2 Å². The standard InChI is InChI=1S/C50H62N4O12/c1-24-13-12-14-25(2)49(61)52-41-44(59)37-36(40-47(41)65-35-23-32(22-33(56)39(35)51-40)54-18-15-31(16-19-54)53(9)10)38-46(29(6)43(37)58)66-50(8,48(38)60)63-20-17-34(62-11)28(5)45(64-30(7)55)27(4)21-26(3)42(24)57/h12-14,17,20,22-24,26-28,31,34,42,45,57-58,60H,15-16,18-19,21H2,1-11H3,(H,52,61)/b13-12+,20-17+,25-14-/t24-,26-,27+,28+,34-,42-,45-,50-/m0/s1. The average molecular weight is 911 g/mol. The first-order valence-corrected chi connectivity index (χ1v) is 22.5. The molecule has 3 aliphatic rings. The smallest absolute Gasteiger partial charge is 0.307 e. The maximum atomic E-state index is 14.9. The van der Waals surface area contributed by atoms with Gasteiger partial charge in [0.15, 0.2) is 22.4 Å². The lowest BCUT2D eigenvalue weighted by Gasteiger charge is -2.36. The topological polar surface area (TPSA) is 210 Å². The molecule has 0 saturated carbocycles. The molecule has 4 bridgehead atoms. The van der Waals surface area contributed by atoms with Crippen LogP contribution in [0.5, 0.6) is 11.5 Å². The number of aromatic nitrogens is 1. The molecule has 0 spiro atoms. The van der Waals surface area contributed by atoms with Crippen molar-refractivity contribution in [1.29, 1.82) is 0 Å². The Kier molecular flexibility index (Phi) is 13.6. The second-order valence-electron chi connectivity index (χ2n) is 18.7. The Morgan fingerprint density at radius 3 is 2.35 bits per heavy atom. The number of phenolic OH excluding ortho intramolecular Hbond substituents is 1. The lowest BCUT2D eigenvalue weighted by Crippen LogP contribution is -2.42. The van der Waals surface area contributed by atoms with E-state index >= 15 is 0 Å². The van der Waals surface area contributed by atoms with Crippen molar-refractivity contribution in [3.63, 3.8) is 0 Å². The van der Waals surface area contributed by atoms with Crippen molar-refractivity contribution in [1.82, 2.24) is 9.88 Å². The quantitative estimate of drug-likeness (QED) is 0.103. The van der Waals surface area contributed by atoms with Crippen LogP contribution < -0.4 is 31.0 Å². The molecule has 1 amide bonds. The van der Waals surface area contributed by atoms with Gasteiger partial charge in [-0.3, -0.25) is 19.2 Å². The fourth-order valence-electron chi connectivity index (χ4n) is 9.77. The summed E-state index contributed by atoms with van der Waals surface area (Å²) in [5.74, 6) is -5.33. The Morgan fingerprint density at radius 2 is 1.70 bits per heavy atom. The SMILES string of the molecule is CO[C@H]1/C=C/O[C@@]2(C)Oc3c(C)c(O)c4c(=O)c(c5oc6cc(N7CCC(N(C)C)CC7)cc(=O)c6nc5c4c3=C2O)NC(=O)/C(C)=C\C=C\[C@H](C)[C@H](O)[C@@H](C)C[C@@H](C)[C@H](OC(C)=O)[C@@H]1C. The van der Waals surface area contributed by atoms with Crippen molar-refractivity contribution in [2.24, 2.45) is 23.7 Å². The fourth-order valence-corrected chi connectivity index (χ4v) is 9.77. The number of allylic oxidation sites excluding steroid dienone is 2. The number of hydrogen-bond acceptors (Lipinski definition) is 15. The highest BCUT2D eigenvalue weighted by Crippen LogP contribution is 2.42. The summed E-state index contributed by atoms with van der Waals surface area (Å²) in [5.41, 5.74) is -1.11. The Bertz CT molecular complexity index is 2840. The van der Waals surface area contributed by atoms with Gasteiger partial charge in [0, 0.05) is 86.3 Å². The number of aromatic hydroxyl groups is 1. The second kappa shape index (κ2) is 18.7. The van der Waals surface area contributed by atoms with Gasteiger partial charge in [-0.25, -0.2) is 4.98 Å². The first kappa shape index (κ1) is 48.0. The number of rotatable bonds is 4. The summed E-state index contributed by atoms with van der Waals surface area (Å²) < 4.78 is 30.7. The van der Waals surface area contributed by atoms with Crippen molar-refractivity contribution in [2.75, 3.05) is 44.5 Å². The Labute approximate surface area is 383 Å². The molecule has 354 valence electrons. The van der Waals surface area contributed by atoms with Crippen molar-refractivity contribution in [2.45, 2.75) is 105 Å². The molecule has 16 heteroatoms. The van der Waals surface area contributed by atoms with Crippen LogP contribution in [0.15, 0.2) is 62.3 Å². The number of methoxy groups -OCH3 is 1. The largest absolute Gasteiger partial charge is 0.507 e. The van der Waals surface area contributed by atoms with Crippen LogP contribution in [0.25, 0.3) is 38.7 Å². The Morgan fingerprint density at radius 1 is 1.00 bits per heavy atom. The first-order chi connectivity index (χ1) is 31.2. The van der Waals surface area contributed by atoms with Crippen LogP contribution in [-0.4, -0.2) is 102 Å². The highest BCUT2D eigenvalue weighted by atomic mass is 16.7. The minimum absolute atomic E-state index is 0.0198. The number of piperidine rings is 1. The molecule has 1 fully saturated rings. The number of aliphatic hydroxyl groups is 2. The molecule has 3 aliphatic heterocycles. The molecular formula is C50H62N4O12. The second-order valence-corrected chi connectivity index (χ2v) is 18.7. The maximum Gasteiger partial charge on any atom is 0.307 e. The van der Waals surface area contributed by atoms with Gasteiger partial charge >= 0.3 is 11.8 Å². The molecule has 3 aromatic carbocycles. The van der Waals surface area contributed by atoms with E-state index in [0.717, 1.165) is 12.8 Å². The van der Waals surface area contributed by atoms with E-state index in [0.29, 0.717) is 31.2 Å². The lowest BCUT2D eigenvalue weighted by atomic mass is 9.80. The zero-order chi connectivity index (χ0) is 48.1. The van der Waals surface area contributed by atoms with Crippen LogP contribution in [-0.2, 0) is 23.8 Å². The summed E-state index contributed by atoms with van der Waals surface area (Å²) in [6.45, 7) is 14.8. The van der Waals surface area contributed by atoms with E-state index in [-0.39, 0.29) is 78.5 Å². The molecule has 0 unspecified atom stereocenters. The van der Waals surface area contributed by atoms with Crippen molar-refractivity contribution >= 4 is 62.0 Å². The minimum atomic E-state index is -1.94. The Hall–Kier alpha value is -5.97. The lowest BCUT2D eigenvalue weighted by molar-refractivity contribution is -0.155. The van der Waals surface area contributed by atoms with Crippen LogP contribution in [0, 0.1) is 30.6 Å². The van der Waals surface area contributed by atoms with Crippen molar-refractivity contribution < 1.29 is 48.3 Å². The number of hydrogen-bond donors (Lipinski definition) is 4. The Balaban J connectivity index is 1.46. The molecule has 7 rings (SSSR count). The monoisotopic (exact) mass is 910 g/mol. The number of carbonyl (C=O) groups is 2. The number of amides is 1. The number of nitrogens with one attached hydrogen (secondary N) is 1. The third-order valence-corrected chi connectivity index (χ3v) is 13.7. The zero-order valence-electron chi connectivity index (χ0n) is 39.6. The van der Waals surface area contributed by atoms with Crippen LogP contribution in [0.2, 0.25) is 0 Å². The molecule has 0 radical (unpaired) electrons. The van der Waals surface area contributed by atoms with Gasteiger partial charge in [-0.15, -0.1) is 0 Å². The number of nitrogens with zero attached hydrogens (tertiary/aromatic N) is 3. The van der Waals surface area contributed by atoms with Gasteiger partial charge in [0.1, 0.15) is 28.8 Å². The first-order valence-electron chi connectivity index (χ1n) is 22.5. The summed E-state index contributed by atoms with van der Waals surface area (Å²) >= 11 is 0. The molecule has 16 nitrogen and oxygen atoms in total. The number of esters is 1. The fraction of sp³-hybridized carbons (Fsp3) is 0.500. The summed E-state index contributed by atoms with van der Waals surface area (Å²) in [7, 11) is 5.59. The van der Waals surface area contributed by atoms with Gasteiger partial charge in [-0.05, 0) is 65.1 Å². The molecule has 1 aromatic heterocycles. The molecule has 0 aliphatic carbocycles. The maximum absolute atomic E-state index is 14.9. The van der Waals surface area contributed by atoms with Crippen LogP contribution in [0.4, 0.5) is 11.4 Å². The van der Waals surface area contributed by atoms with E-state index in [9.17, 15) is 34.5 Å². The number of fused-ring (bicyclic) bond motifs is 2. The molecular weight excluding hydrogens is 849 g/mol. The number of ether oxygens (including phenoxy) is 4. The number of anilines is 2. The summed E-state index contributed by atoms with van der Waals surface area (Å²) in [4.78, 5) is 64.4. The van der Waals surface area contributed by atoms with Crippen LogP contribution >= 0.6 is 0 Å². The average Bonchev–Trinajstić information content (AvgIpc) is 3.54. The van der Waals surface area contributed by atoms with Gasteiger partial charge in [0.2, 0.25) is 10.9 Å². The minimum Gasteiger partial charge on any atom is -0.507 e. The van der Waals surface area contributed by atoms with Gasteiger partial charge in [-0.1, -0.05) is 45.9 Å². The number of carbonyl (C=O) groups excluding carboxylic acids is 2. The van der Waals surface area contributed by atoms with Crippen molar-refractivity contribution in [3.8, 4) is 11.5 Å². The molecule has 1 saturated heterocycles. The molecule has 8 atom stereocenters. The number of phenols is 1. The predicted octanol–water partition coefficient (Wildman–Crippen LogP) is 6.12. The summed E-state index contributed by atoms with van der Waals surface area (Å²) in [5, 5.41) is 37.7. The van der Waals surface area contributed by atoms with E-state index in [1.807, 2.05) is 41.8 Å². The number of benzene rings is 3. The molecule has 4 aromatic rings. The van der Waals surface area contributed by atoms with E-state index in [4.69, 9.17) is 28.3 Å². The normalized spacial score (nSPS) is 28.9. The molecule has 66 heavy (non-hydrogen) atoms. The van der Waals surface area contributed by atoms with Gasteiger partial charge in [0.25, 0.3) is 5.91 Å². The third-order valence-electron chi connectivity index (χ3n) is 13.7. The van der Waals surface area contributed by atoms with Gasteiger partial charge in [0.05, 0.1) is 29.1 Å². The van der Waals surface area contributed by atoms with Crippen LogP contribution in [0.1, 0.15) is 73.3 Å². The predicted molar refractivity (Wildman–Crippen MR) is 253 cm³/mol. The van der Waals surface area contributed by atoms with Crippen molar-refractivity contribution in [3.05, 3.63) is 79.5 Å². The zero-order valence-corrected chi connectivity index (χ0v) is 39.6. The van der Waals surface area contributed by atoms with Gasteiger partial charge in [-0.2, -0.15) is 0 Å². The molecule has 4 N–H and O–H groups in total. The third kappa shape index (κ3) is 8.85. The number of aliphatic hydroxyl groups excluding tert-OH is 2. The van der Waals surface area contributed by atoms with Crippen LogP contribution in [0.3, 0.4) is 0 Å².